The Labute approximate surface area is 82.3 Å². The van der Waals surface area contributed by atoms with Crippen molar-refractivity contribution >= 4 is 0 Å². The van der Waals surface area contributed by atoms with Crippen molar-refractivity contribution in [1.29, 1.82) is 0 Å². The van der Waals surface area contributed by atoms with Crippen LogP contribution in [0.25, 0.3) is 0 Å². The molecule has 78 valence electrons. The molecule has 0 spiro atoms. The molecule has 0 aromatic heterocycles. The molecule has 0 bridgehead atoms. The van der Waals surface area contributed by atoms with Crippen LogP contribution in [0.3, 0.4) is 0 Å². The first-order valence-electron chi connectivity index (χ1n) is 5.58. The number of ether oxygens (including phenoxy) is 1. The number of hydrogen-bond donors (Lipinski definition) is 0. The zero-order valence-corrected chi connectivity index (χ0v) is 9.09. The van der Waals surface area contributed by atoms with Gasteiger partial charge in [-0.05, 0) is 38.3 Å². The lowest BCUT2D eigenvalue weighted by atomic mass is 9.98. The number of rotatable bonds is 4. The lowest BCUT2D eigenvalue weighted by Crippen LogP contribution is -2.28. The highest BCUT2D eigenvalue weighted by Crippen LogP contribution is 2.19. The fourth-order valence-electron chi connectivity index (χ4n) is 2.08. The molecule has 13 heavy (non-hydrogen) atoms. The Morgan fingerprint density at radius 2 is 2.15 bits per heavy atom. The van der Waals surface area contributed by atoms with Crippen molar-refractivity contribution in [3.63, 3.8) is 0 Å². The molecule has 1 heterocycles. The van der Waals surface area contributed by atoms with Gasteiger partial charge in [0.2, 0.25) is 0 Å². The Balaban J connectivity index is 2.19. The number of nitrogens with zero attached hydrogens (tertiary/aromatic N) is 1. The molecule has 0 aromatic rings. The van der Waals surface area contributed by atoms with Crippen molar-refractivity contribution in [3.8, 4) is 0 Å². The molecule has 2 nitrogen and oxygen atoms in total. The number of likely N-dealkylation sites (tertiary alicyclic amines) is 1. The summed E-state index contributed by atoms with van der Waals surface area (Å²) in [6, 6.07) is 0. The molecule has 0 aliphatic carbocycles. The van der Waals surface area contributed by atoms with Crippen LogP contribution in [0.2, 0.25) is 0 Å². The van der Waals surface area contributed by atoms with Crippen molar-refractivity contribution in [3.05, 3.63) is 0 Å². The second-order valence-corrected chi connectivity index (χ2v) is 4.04. The summed E-state index contributed by atoms with van der Waals surface area (Å²) >= 11 is 0. The van der Waals surface area contributed by atoms with Crippen LogP contribution in [0.1, 0.15) is 32.6 Å². The van der Waals surface area contributed by atoms with Gasteiger partial charge in [0.1, 0.15) is 0 Å². The number of methoxy groups -OCH3 is 1. The predicted octanol–water partition coefficient (Wildman–Crippen LogP) is 2.14. The Kier molecular flexibility index (Phi) is 5.40. The van der Waals surface area contributed by atoms with Gasteiger partial charge in [0, 0.05) is 13.7 Å². The third-order valence-electron chi connectivity index (χ3n) is 3.13. The first-order valence-corrected chi connectivity index (χ1v) is 5.58. The summed E-state index contributed by atoms with van der Waals surface area (Å²) in [5, 5.41) is 0. The largest absolute Gasteiger partial charge is 0.383 e. The molecular formula is C11H23NO. The van der Waals surface area contributed by atoms with Crippen LogP contribution in [0.15, 0.2) is 0 Å². The van der Waals surface area contributed by atoms with Crippen molar-refractivity contribution in [1.82, 2.24) is 4.90 Å². The Morgan fingerprint density at radius 3 is 2.85 bits per heavy atom. The second-order valence-electron chi connectivity index (χ2n) is 4.04. The molecule has 2 heteroatoms. The molecule has 0 amide bonds. The Morgan fingerprint density at radius 1 is 1.31 bits per heavy atom. The standard InChI is InChI=1S/C11H23NO/c1-3-11-5-4-7-12(8-6-11)9-10-13-2/h11H,3-10H2,1-2H3. The quantitative estimate of drug-likeness (QED) is 0.665. The maximum Gasteiger partial charge on any atom is 0.0589 e. The molecule has 1 rings (SSSR count). The highest BCUT2D eigenvalue weighted by Gasteiger charge is 2.14. The van der Waals surface area contributed by atoms with E-state index in [1.165, 1.54) is 38.8 Å². The van der Waals surface area contributed by atoms with Crippen LogP contribution in [0.4, 0.5) is 0 Å². The van der Waals surface area contributed by atoms with Gasteiger partial charge >= 0.3 is 0 Å². The topological polar surface area (TPSA) is 12.5 Å². The molecule has 1 aliphatic rings. The summed E-state index contributed by atoms with van der Waals surface area (Å²) in [4.78, 5) is 2.54. The van der Waals surface area contributed by atoms with Gasteiger partial charge in [0.05, 0.1) is 6.61 Å². The fourth-order valence-corrected chi connectivity index (χ4v) is 2.08. The third-order valence-corrected chi connectivity index (χ3v) is 3.13. The Hall–Kier alpha value is -0.0800. The number of hydrogen-bond acceptors (Lipinski definition) is 2. The van der Waals surface area contributed by atoms with Crippen LogP contribution >= 0.6 is 0 Å². The molecule has 1 fully saturated rings. The fraction of sp³-hybridized carbons (Fsp3) is 1.00. The van der Waals surface area contributed by atoms with E-state index in [4.69, 9.17) is 4.74 Å². The summed E-state index contributed by atoms with van der Waals surface area (Å²) in [6.45, 7) is 6.88. The van der Waals surface area contributed by atoms with Crippen molar-refractivity contribution in [2.75, 3.05) is 33.4 Å². The van der Waals surface area contributed by atoms with E-state index in [1.54, 1.807) is 7.11 Å². The highest BCUT2D eigenvalue weighted by atomic mass is 16.5. The molecule has 1 saturated heterocycles. The van der Waals surface area contributed by atoms with E-state index in [-0.39, 0.29) is 0 Å². The summed E-state index contributed by atoms with van der Waals surface area (Å²) in [6.07, 6.45) is 5.56. The van der Waals surface area contributed by atoms with Crippen molar-refractivity contribution in [2.45, 2.75) is 32.6 Å². The van der Waals surface area contributed by atoms with E-state index in [0.29, 0.717) is 0 Å². The normalized spacial score (nSPS) is 25.8. The molecule has 1 unspecified atom stereocenters. The minimum absolute atomic E-state index is 0.886. The van der Waals surface area contributed by atoms with Gasteiger partial charge in [-0.25, -0.2) is 0 Å². The second kappa shape index (κ2) is 6.39. The van der Waals surface area contributed by atoms with Crippen molar-refractivity contribution < 1.29 is 4.74 Å². The van der Waals surface area contributed by atoms with E-state index < -0.39 is 0 Å². The van der Waals surface area contributed by atoms with Crippen LogP contribution in [-0.4, -0.2) is 38.3 Å². The zero-order chi connectivity index (χ0) is 9.52. The van der Waals surface area contributed by atoms with Gasteiger partial charge < -0.3 is 9.64 Å². The van der Waals surface area contributed by atoms with Gasteiger partial charge in [-0.3, -0.25) is 0 Å². The summed E-state index contributed by atoms with van der Waals surface area (Å²) in [7, 11) is 1.78. The van der Waals surface area contributed by atoms with E-state index >= 15 is 0 Å². The van der Waals surface area contributed by atoms with E-state index in [9.17, 15) is 0 Å². The van der Waals surface area contributed by atoms with Crippen LogP contribution < -0.4 is 0 Å². The molecule has 0 saturated carbocycles. The maximum absolute atomic E-state index is 5.10. The first-order chi connectivity index (χ1) is 6.36. The zero-order valence-electron chi connectivity index (χ0n) is 9.09. The van der Waals surface area contributed by atoms with E-state index in [1.807, 2.05) is 0 Å². The molecular weight excluding hydrogens is 162 g/mol. The van der Waals surface area contributed by atoms with Gasteiger partial charge in [0.25, 0.3) is 0 Å². The molecule has 0 aromatic carbocycles. The van der Waals surface area contributed by atoms with E-state index in [2.05, 4.69) is 11.8 Å². The van der Waals surface area contributed by atoms with Gasteiger partial charge in [0.15, 0.2) is 0 Å². The van der Waals surface area contributed by atoms with Gasteiger partial charge in [-0.1, -0.05) is 13.3 Å². The van der Waals surface area contributed by atoms with Crippen LogP contribution in [0, 0.1) is 5.92 Å². The average molecular weight is 185 g/mol. The lowest BCUT2D eigenvalue weighted by Gasteiger charge is -2.19. The smallest absolute Gasteiger partial charge is 0.0589 e. The van der Waals surface area contributed by atoms with Gasteiger partial charge in [-0.2, -0.15) is 0 Å². The third kappa shape index (κ3) is 4.10. The highest BCUT2D eigenvalue weighted by molar-refractivity contribution is 4.68. The van der Waals surface area contributed by atoms with Crippen molar-refractivity contribution in [2.24, 2.45) is 5.92 Å². The minimum atomic E-state index is 0.886. The Bertz CT molecular complexity index is 127. The van der Waals surface area contributed by atoms with E-state index in [0.717, 1.165) is 19.1 Å². The summed E-state index contributed by atoms with van der Waals surface area (Å²) < 4.78 is 5.10. The molecule has 0 N–H and O–H groups in total. The minimum Gasteiger partial charge on any atom is -0.383 e. The summed E-state index contributed by atoms with van der Waals surface area (Å²) in [5.74, 6) is 0.979. The first kappa shape index (κ1) is 11.0. The predicted molar refractivity (Wildman–Crippen MR) is 55.9 cm³/mol. The SMILES string of the molecule is CCC1CCCN(CCOC)CC1. The molecule has 0 radical (unpaired) electrons. The monoisotopic (exact) mass is 185 g/mol. The average Bonchev–Trinajstić information content (AvgIpc) is 2.39. The maximum atomic E-state index is 5.10. The molecule has 1 atom stereocenters. The van der Waals surface area contributed by atoms with Crippen LogP contribution in [-0.2, 0) is 4.74 Å². The summed E-state index contributed by atoms with van der Waals surface area (Å²) in [5.41, 5.74) is 0. The van der Waals surface area contributed by atoms with Crippen LogP contribution in [0.5, 0.6) is 0 Å². The van der Waals surface area contributed by atoms with Gasteiger partial charge in [-0.15, -0.1) is 0 Å². The lowest BCUT2D eigenvalue weighted by molar-refractivity contribution is 0.149. The molecule has 1 aliphatic heterocycles.